The Labute approximate surface area is 211 Å². The van der Waals surface area contributed by atoms with Gasteiger partial charge in [-0.2, -0.15) is 5.26 Å². The van der Waals surface area contributed by atoms with Gasteiger partial charge in [-0.05, 0) is 18.6 Å². The first-order valence-electron chi connectivity index (χ1n) is 11.1. The highest BCUT2D eigenvalue weighted by Crippen LogP contribution is 2.46. The van der Waals surface area contributed by atoms with E-state index in [1.807, 2.05) is 6.07 Å². The van der Waals surface area contributed by atoms with Crippen molar-refractivity contribution < 1.29 is 42.9 Å². The Morgan fingerprint density at radius 3 is 2.57 bits per heavy atom. The number of morpholine rings is 1. The Bertz CT molecular complexity index is 1180. The van der Waals surface area contributed by atoms with Gasteiger partial charge in [0.25, 0.3) is 5.75 Å². The number of allylic oxidation sites excluding steroid dienone is 1. The number of nitrogens with two attached hydrogens (primary N) is 1. The molecule has 0 spiro atoms. The van der Waals surface area contributed by atoms with Gasteiger partial charge in [-0.3, -0.25) is 10.1 Å². The highest BCUT2D eigenvalue weighted by molar-refractivity contribution is 5.93. The van der Waals surface area contributed by atoms with Crippen molar-refractivity contribution in [3.05, 3.63) is 50.6 Å². The van der Waals surface area contributed by atoms with Gasteiger partial charge in [-0.25, -0.2) is 9.59 Å². The van der Waals surface area contributed by atoms with E-state index >= 15 is 0 Å². The summed E-state index contributed by atoms with van der Waals surface area (Å²) in [6, 6.07) is 4.32. The van der Waals surface area contributed by atoms with Crippen molar-refractivity contribution in [3.8, 4) is 17.6 Å². The number of nitro groups is 1. The van der Waals surface area contributed by atoms with Crippen molar-refractivity contribution in [2.75, 3.05) is 53.7 Å². The molecule has 37 heavy (non-hydrogen) atoms. The number of amides is 1. The smallest absolute Gasteiger partial charge is 0.415 e. The molecule has 1 fully saturated rings. The molecule has 0 aromatic heterocycles. The molecule has 14 heteroatoms. The average Bonchev–Trinajstić information content (AvgIpc) is 2.89. The molecular weight excluding hydrogens is 492 g/mol. The fourth-order valence-electron chi connectivity index (χ4n) is 3.90. The summed E-state index contributed by atoms with van der Waals surface area (Å²) in [5.74, 6) is -2.99. The lowest BCUT2D eigenvalue weighted by Gasteiger charge is -2.28. The number of carbonyl (C=O) groups excluding carboxylic acids is 2. The molecule has 0 bridgehead atoms. The second kappa shape index (κ2) is 12.1. The molecule has 1 aromatic carbocycles. The molecule has 14 nitrogen and oxygen atoms in total. The second-order valence-electron chi connectivity index (χ2n) is 7.71. The molecule has 1 saturated heterocycles. The van der Waals surface area contributed by atoms with Crippen LogP contribution in [-0.4, -0.2) is 75.6 Å². The lowest BCUT2D eigenvalue weighted by atomic mass is 9.82. The zero-order valence-corrected chi connectivity index (χ0v) is 20.5. The third kappa shape index (κ3) is 5.74. The van der Waals surface area contributed by atoms with E-state index in [1.54, 1.807) is 6.92 Å². The topological polar surface area (TPSA) is 186 Å². The molecule has 0 saturated carbocycles. The van der Waals surface area contributed by atoms with Gasteiger partial charge in [-0.1, -0.05) is 0 Å². The number of nitrogens with zero attached hydrogens (tertiary/aromatic N) is 3. The molecule has 0 aliphatic carbocycles. The number of ether oxygens (including phenoxy) is 6. The SMILES string of the molecule is CCOc1cc(C2C(C#N)=C(N)OC(COC)=C2C(=O)OC)cc([N+](=O)[O-])c1OC(=O)N1CCOCC1. The number of nitriles is 1. The van der Waals surface area contributed by atoms with E-state index < -0.39 is 34.3 Å². The molecule has 2 N–H and O–H groups in total. The number of hydrogen-bond donors (Lipinski definition) is 1. The first-order chi connectivity index (χ1) is 17.8. The van der Waals surface area contributed by atoms with E-state index in [9.17, 15) is 25.0 Å². The number of esters is 1. The highest BCUT2D eigenvalue weighted by Gasteiger charge is 2.40. The Morgan fingerprint density at radius 1 is 1.30 bits per heavy atom. The lowest BCUT2D eigenvalue weighted by molar-refractivity contribution is -0.385. The monoisotopic (exact) mass is 518 g/mol. The maximum Gasteiger partial charge on any atom is 0.415 e. The van der Waals surface area contributed by atoms with Crippen LogP contribution in [0.4, 0.5) is 10.5 Å². The molecule has 1 aromatic rings. The number of rotatable bonds is 8. The summed E-state index contributed by atoms with van der Waals surface area (Å²) in [6.45, 7) is 2.61. The van der Waals surface area contributed by atoms with Crippen LogP contribution < -0.4 is 15.2 Å². The highest BCUT2D eigenvalue weighted by atomic mass is 16.6. The molecule has 2 heterocycles. The van der Waals surface area contributed by atoms with Gasteiger partial charge >= 0.3 is 17.7 Å². The number of nitro benzene ring substituents is 1. The van der Waals surface area contributed by atoms with E-state index in [0.717, 1.165) is 13.2 Å². The molecule has 1 atom stereocenters. The Morgan fingerprint density at radius 2 is 2.00 bits per heavy atom. The quantitative estimate of drug-likeness (QED) is 0.299. The summed E-state index contributed by atoms with van der Waals surface area (Å²) < 4.78 is 31.7. The van der Waals surface area contributed by atoms with Crippen molar-refractivity contribution in [3.63, 3.8) is 0 Å². The van der Waals surface area contributed by atoms with E-state index in [2.05, 4.69) is 0 Å². The van der Waals surface area contributed by atoms with E-state index in [1.165, 1.54) is 18.1 Å². The van der Waals surface area contributed by atoms with Gasteiger partial charge in [0.1, 0.15) is 24.0 Å². The Hall–Kier alpha value is -4.35. The van der Waals surface area contributed by atoms with Crippen LogP contribution >= 0.6 is 0 Å². The van der Waals surface area contributed by atoms with Crippen LogP contribution in [0.25, 0.3) is 0 Å². The van der Waals surface area contributed by atoms with Gasteiger partial charge in [0.05, 0.1) is 43.3 Å². The molecular formula is C23H26N4O10. The first-order valence-corrected chi connectivity index (χ1v) is 11.1. The molecule has 0 radical (unpaired) electrons. The maximum absolute atomic E-state index is 12.8. The molecule has 2 aliphatic rings. The predicted molar refractivity (Wildman–Crippen MR) is 124 cm³/mol. The summed E-state index contributed by atoms with van der Waals surface area (Å²) in [5, 5.41) is 21.9. The average molecular weight is 518 g/mol. The Balaban J connectivity index is 2.20. The summed E-state index contributed by atoms with van der Waals surface area (Å²) in [6.07, 6.45) is -0.814. The molecule has 3 rings (SSSR count). The van der Waals surface area contributed by atoms with Crippen molar-refractivity contribution >= 4 is 17.7 Å². The van der Waals surface area contributed by atoms with Crippen LogP contribution in [0.1, 0.15) is 18.4 Å². The third-order valence-electron chi connectivity index (χ3n) is 5.52. The van der Waals surface area contributed by atoms with Crippen molar-refractivity contribution in [1.82, 2.24) is 4.90 Å². The second-order valence-corrected chi connectivity index (χ2v) is 7.71. The summed E-state index contributed by atoms with van der Waals surface area (Å²) in [5.41, 5.74) is 5.10. The normalized spacial score (nSPS) is 17.6. The van der Waals surface area contributed by atoms with E-state index in [-0.39, 0.29) is 60.4 Å². The molecule has 1 unspecified atom stereocenters. The van der Waals surface area contributed by atoms with Crippen LogP contribution in [-0.2, 0) is 23.7 Å². The van der Waals surface area contributed by atoms with Crippen LogP contribution in [0, 0.1) is 21.4 Å². The van der Waals surface area contributed by atoms with E-state index in [0.29, 0.717) is 13.2 Å². The number of carbonyl (C=O) groups is 2. The van der Waals surface area contributed by atoms with Crippen molar-refractivity contribution in [2.24, 2.45) is 5.73 Å². The standard InChI is InChI=1S/C23H26N4O10/c1-4-35-16-10-13(9-15(27(30)31)20(16)37-23(29)26-5-7-34-8-6-26)18-14(11-24)21(25)36-17(12-32-2)19(18)22(28)33-3/h9-10,18H,4-8,12,25H2,1-3H3. The summed E-state index contributed by atoms with van der Waals surface area (Å²) in [7, 11) is 2.49. The predicted octanol–water partition coefficient (Wildman–Crippen LogP) is 1.71. The molecule has 2 aliphatic heterocycles. The lowest BCUT2D eigenvalue weighted by Crippen LogP contribution is -2.42. The molecule has 198 valence electrons. The number of hydrogen-bond acceptors (Lipinski definition) is 12. The number of methoxy groups -OCH3 is 2. The zero-order chi connectivity index (χ0) is 27.1. The van der Waals surface area contributed by atoms with Gasteiger partial charge in [-0.15, -0.1) is 0 Å². The zero-order valence-electron chi connectivity index (χ0n) is 20.5. The van der Waals surface area contributed by atoms with Crippen LogP contribution in [0.3, 0.4) is 0 Å². The maximum atomic E-state index is 12.8. The minimum atomic E-state index is -1.22. The summed E-state index contributed by atoms with van der Waals surface area (Å²) in [4.78, 5) is 38.2. The fourth-order valence-corrected chi connectivity index (χ4v) is 3.90. The van der Waals surface area contributed by atoms with Gasteiger partial charge in [0.15, 0.2) is 5.75 Å². The van der Waals surface area contributed by atoms with Crippen LogP contribution in [0.5, 0.6) is 11.5 Å². The third-order valence-corrected chi connectivity index (χ3v) is 5.52. The molecule has 1 amide bonds. The van der Waals surface area contributed by atoms with Crippen LogP contribution in [0.2, 0.25) is 0 Å². The van der Waals surface area contributed by atoms with Gasteiger partial charge in [0.2, 0.25) is 5.88 Å². The summed E-state index contributed by atoms with van der Waals surface area (Å²) >= 11 is 0. The van der Waals surface area contributed by atoms with E-state index in [4.69, 9.17) is 34.2 Å². The van der Waals surface area contributed by atoms with Gasteiger partial charge < -0.3 is 39.1 Å². The largest absolute Gasteiger partial charge is 0.490 e. The minimum absolute atomic E-state index is 0.0284. The minimum Gasteiger partial charge on any atom is -0.490 e. The van der Waals surface area contributed by atoms with Crippen molar-refractivity contribution in [2.45, 2.75) is 12.8 Å². The van der Waals surface area contributed by atoms with Gasteiger partial charge in [0, 0.05) is 26.3 Å². The Kier molecular flexibility index (Phi) is 8.88. The number of benzene rings is 1. The fraction of sp³-hybridized carbons (Fsp3) is 0.435. The van der Waals surface area contributed by atoms with Crippen molar-refractivity contribution in [1.29, 1.82) is 5.26 Å². The first kappa shape index (κ1) is 27.2. The van der Waals surface area contributed by atoms with Crippen LogP contribution in [0.15, 0.2) is 34.9 Å².